The van der Waals surface area contributed by atoms with Crippen LogP contribution < -0.4 is 4.90 Å². The Kier molecular flexibility index (Phi) is 3.54. The van der Waals surface area contributed by atoms with Crippen LogP contribution >= 0.6 is 0 Å². The van der Waals surface area contributed by atoms with Crippen LogP contribution in [0, 0.1) is 0 Å². The maximum Gasteiger partial charge on any atom is 0.139 e. The highest BCUT2D eigenvalue weighted by Gasteiger charge is 2.08. The molecule has 0 atom stereocenters. The summed E-state index contributed by atoms with van der Waals surface area (Å²) in [6.45, 7) is 2.82. The van der Waals surface area contributed by atoms with Gasteiger partial charge in [-0.25, -0.2) is 9.97 Å². The summed E-state index contributed by atoms with van der Waals surface area (Å²) in [6, 6.07) is 6.23. The maximum absolute atomic E-state index is 8.99. The fraction of sp³-hybridized carbons (Fsp3) is 0.385. The minimum Gasteiger partial charge on any atom is -0.395 e. The lowest BCUT2D eigenvalue weighted by molar-refractivity contribution is 0.304. The topological polar surface area (TPSA) is 49.2 Å². The Bertz CT molecular complexity index is 513. The molecular formula is C13H17N3O. The number of likely N-dealkylation sites (N-methyl/N-ethyl adjacent to an activating group) is 1. The summed E-state index contributed by atoms with van der Waals surface area (Å²) in [5.74, 6) is 0.874. The summed E-state index contributed by atoms with van der Waals surface area (Å²) in [7, 11) is 1.93. The zero-order valence-electron chi connectivity index (χ0n) is 10.2. The monoisotopic (exact) mass is 231 g/mol. The number of aromatic nitrogens is 2. The lowest BCUT2D eigenvalue weighted by Gasteiger charge is -2.18. The normalized spacial score (nSPS) is 10.8. The third-order valence-corrected chi connectivity index (χ3v) is 2.88. The third kappa shape index (κ3) is 2.36. The molecule has 0 fully saturated rings. The molecule has 0 aliphatic carbocycles. The van der Waals surface area contributed by atoms with E-state index in [1.165, 1.54) is 5.56 Å². The molecule has 2 rings (SSSR count). The Labute approximate surface area is 101 Å². The van der Waals surface area contributed by atoms with Crippen LogP contribution in [0.5, 0.6) is 0 Å². The molecule has 17 heavy (non-hydrogen) atoms. The molecule has 0 spiro atoms. The van der Waals surface area contributed by atoms with Crippen LogP contribution in [-0.2, 0) is 6.42 Å². The van der Waals surface area contributed by atoms with Gasteiger partial charge in [-0.2, -0.15) is 0 Å². The molecule has 0 aliphatic heterocycles. The van der Waals surface area contributed by atoms with E-state index in [0.29, 0.717) is 6.54 Å². The Morgan fingerprint density at radius 2 is 2.12 bits per heavy atom. The van der Waals surface area contributed by atoms with Gasteiger partial charge >= 0.3 is 0 Å². The molecule has 0 saturated heterocycles. The van der Waals surface area contributed by atoms with Gasteiger partial charge in [-0.3, -0.25) is 0 Å². The number of nitrogens with zero attached hydrogens (tertiary/aromatic N) is 3. The molecule has 90 valence electrons. The highest BCUT2D eigenvalue weighted by molar-refractivity contribution is 5.89. The number of hydrogen-bond acceptors (Lipinski definition) is 4. The van der Waals surface area contributed by atoms with Gasteiger partial charge in [0.1, 0.15) is 12.1 Å². The van der Waals surface area contributed by atoms with E-state index in [1.807, 2.05) is 18.0 Å². The van der Waals surface area contributed by atoms with Crippen LogP contribution in [-0.4, -0.2) is 35.3 Å². The summed E-state index contributed by atoms with van der Waals surface area (Å²) >= 11 is 0. The van der Waals surface area contributed by atoms with Crippen molar-refractivity contribution in [1.82, 2.24) is 9.97 Å². The molecule has 1 aromatic heterocycles. The molecular weight excluding hydrogens is 214 g/mol. The minimum absolute atomic E-state index is 0.121. The molecule has 4 nitrogen and oxygen atoms in total. The van der Waals surface area contributed by atoms with Gasteiger partial charge < -0.3 is 10.0 Å². The number of aryl methyl sites for hydroxylation is 1. The van der Waals surface area contributed by atoms with Crippen LogP contribution in [0.3, 0.4) is 0 Å². The number of aliphatic hydroxyl groups is 1. The molecule has 0 unspecified atom stereocenters. The van der Waals surface area contributed by atoms with Crippen molar-refractivity contribution in [1.29, 1.82) is 0 Å². The molecule has 1 heterocycles. The average Bonchev–Trinajstić information content (AvgIpc) is 2.37. The Hall–Kier alpha value is -1.68. The zero-order valence-corrected chi connectivity index (χ0v) is 10.2. The highest BCUT2D eigenvalue weighted by atomic mass is 16.3. The van der Waals surface area contributed by atoms with Crippen molar-refractivity contribution in [2.24, 2.45) is 0 Å². The van der Waals surface area contributed by atoms with E-state index in [0.717, 1.165) is 23.1 Å². The van der Waals surface area contributed by atoms with Gasteiger partial charge in [0.2, 0.25) is 0 Å². The Morgan fingerprint density at radius 3 is 2.82 bits per heavy atom. The van der Waals surface area contributed by atoms with E-state index >= 15 is 0 Å². The summed E-state index contributed by atoms with van der Waals surface area (Å²) in [5, 5.41) is 10.0. The third-order valence-electron chi connectivity index (χ3n) is 2.88. The number of anilines is 1. The van der Waals surface area contributed by atoms with Crippen LogP contribution in [0.2, 0.25) is 0 Å². The first-order valence-corrected chi connectivity index (χ1v) is 5.82. The molecule has 0 amide bonds. The maximum atomic E-state index is 8.99. The van der Waals surface area contributed by atoms with E-state index in [4.69, 9.17) is 5.11 Å². The van der Waals surface area contributed by atoms with Gasteiger partial charge in [0, 0.05) is 19.0 Å². The molecule has 4 heteroatoms. The second-order valence-corrected chi connectivity index (χ2v) is 4.05. The molecule has 1 N–H and O–H groups in total. The van der Waals surface area contributed by atoms with Crippen molar-refractivity contribution in [3.8, 4) is 0 Å². The van der Waals surface area contributed by atoms with Crippen molar-refractivity contribution in [3.05, 3.63) is 30.1 Å². The highest BCUT2D eigenvalue weighted by Crippen LogP contribution is 2.23. The predicted octanol–water partition coefficient (Wildman–Crippen LogP) is 1.62. The summed E-state index contributed by atoms with van der Waals surface area (Å²) < 4.78 is 0. The summed E-state index contributed by atoms with van der Waals surface area (Å²) in [6.07, 6.45) is 2.56. The second-order valence-electron chi connectivity index (χ2n) is 4.05. The standard InChI is InChI=1S/C13H17N3O/c1-3-10-4-5-12-11(8-10)13(15-9-14-12)16(2)6-7-17/h4-5,8-9,17H,3,6-7H2,1-2H3. The largest absolute Gasteiger partial charge is 0.395 e. The average molecular weight is 231 g/mol. The van der Waals surface area contributed by atoms with Crippen LogP contribution in [0.4, 0.5) is 5.82 Å². The van der Waals surface area contributed by atoms with Gasteiger partial charge in [0.15, 0.2) is 0 Å². The number of fused-ring (bicyclic) bond motifs is 1. The van der Waals surface area contributed by atoms with Crippen molar-refractivity contribution < 1.29 is 5.11 Å². The first-order chi connectivity index (χ1) is 8.26. The minimum atomic E-state index is 0.121. The summed E-state index contributed by atoms with van der Waals surface area (Å²) in [5.41, 5.74) is 2.21. The second kappa shape index (κ2) is 5.10. The first-order valence-electron chi connectivity index (χ1n) is 5.82. The van der Waals surface area contributed by atoms with Gasteiger partial charge in [0.05, 0.1) is 12.1 Å². The van der Waals surface area contributed by atoms with Crippen LogP contribution in [0.15, 0.2) is 24.5 Å². The fourth-order valence-electron chi connectivity index (χ4n) is 1.87. The quantitative estimate of drug-likeness (QED) is 0.868. The molecule has 2 aromatic rings. The lowest BCUT2D eigenvalue weighted by atomic mass is 10.1. The van der Waals surface area contributed by atoms with Crippen LogP contribution in [0.1, 0.15) is 12.5 Å². The van der Waals surface area contributed by atoms with Crippen molar-refractivity contribution in [2.75, 3.05) is 25.1 Å². The van der Waals surface area contributed by atoms with Crippen molar-refractivity contribution in [2.45, 2.75) is 13.3 Å². The van der Waals surface area contributed by atoms with Gasteiger partial charge in [-0.15, -0.1) is 0 Å². The molecule has 0 saturated carbocycles. The van der Waals surface area contributed by atoms with E-state index in [9.17, 15) is 0 Å². The van der Waals surface area contributed by atoms with E-state index in [-0.39, 0.29) is 6.61 Å². The predicted molar refractivity (Wildman–Crippen MR) is 69.3 cm³/mol. The summed E-state index contributed by atoms with van der Waals surface area (Å²) in [4.78, 5) is 10.5. The van der Waals surface area contributed by atoms with Crippen LogP contribution in [0.25, 0.3) is 10.9 Å². The number of aliphatic hydroxyl groups excluding tert-OH is 1. The van der Waals surface area contributed by atoms with E-state index in [1.54, 1.807) is 6.33 Å². The zero-order chi connectivity index (χ0) is 12.3. The van der Waals surface area contributed by atoms with E-state index in [2.05, 4.69) is 29.0 Å². The van der Waals surface area contributed by atoms with Gasteiger partial charge in [0.25, 0.3) is 0 Å². The first kappa shape index (κ1) is 11.8. The smallest absolute Gasteiger partial charge is 0.139 e. The van der Waals surface area contributed by atoms with Gasteiger partial charge in [-0.05, 0) is 24.1 Å². The molecule has 0 bridgehead atoms. The lowest BCUT2D eigenvalue weighted by Crippen LogP contribution is -2.22. The SMILES string of the molecule is CCc1ccc2ncnc(N(C)CCO)c2c1. The number of benzene rings is 1. The molecule has 0 radical (unpaired) electrons. The van der Waals surface area contributed by atoms with Gasteiger partial charge in [-0.1, -0.05) is 13.0 Å². The van der Waals surface area contributed by atoms with Crippen molar-refractivity contribution in [3.63, 3.8) is 0 Å². The Balaban J connectivity index is 2.54. The van der Waals surface area contributed by atoms with Crippen molar-refractivity contribution >= 4 is 16.7 Å². The molecule has 0 aliphatic rings. The number of rotatable bonds is 4. The van der Waals surface area contributed by atoms with E-state index < -0.39 is 0 Å². The Morgan fingerprint density at radius 1 is 1.29 bits per heavy atom. The fourth-order valence-corrected chi connectivity index (χ4v) is 1.87. The number of hydrogen-bond donors (Lipinski definition) is 1. The molecule has 1 aromatic carbocycles.